The van der Waals surface area contributed by atoms with E-state index in [1.165, 1.54) is 0 Å². The number of nitrogens with zero attached hydrogens (tertiary/aromatic N) is 2. The van der Waals surface area contributed by atoms with Crippen molar-refractivity contribution in [2.75, 3.05) is 25.5 Å². The molecule has 1 heterocycles. The van der Waals surface area contributed by atoms with E-state index in [2.05, 4.69) is 43.0 Å². The first-order valence-electron chi connectivity index (χ1n) is 7.13. The maximum atomic E-state index is 12.7. The van der Waals surface area contributed by atoms with Crippen molar-refractivity contribution < 1.29 is 4.21 Å². The summed E-state index contributed by atoms with van der Waals surface area (Å²) >= 11 is 0. The molecule has 0 aromatic heterocycles. The highest BCUT2D eigenvalue weighted by molar-refractivity contribution is 7.85. The molecule has 0 saturated carbocycles. The number of benzene rings is 2. The van der Waals surface area contributed by atoms with E-state index >= 15 is 0 Å². The highest BCUT2D eigenvalue weighted by Gasteiger charge is 2.28. The zero-order chi connectivity index (χ0) is 15.0. The van der Waals surface area contributed by atoms with Crippen molar-refractivity contribution >= 4 is 22.2 Å². The van der Waals surface area contributed by atoms with Gasteiger partial charge in [0.25, 0.3) is 0 Å². The van der Waals surface area contributed by atoms with Crippen LogP contribution in [0, 0.1) is 0 Å². The van der Waals surface area contributed by atoms with E-state index < -0.39 is 10.8 Å². The lowest BCUT2D eigenvalue weighted by Crippen LogP contribution is -2.38. The Hall–Kier alpha value is -1.65. The quantitative estimate of drug-likeness (QED) is 0.869. The number of fused-ring (bicyclic) bond motifs is 2. The Morgan fingerprint density at radius 3 is 1.95 bits per heavy atom. The van der Waals surface area contributed by atoms with Gasteiger partial charge in [0.05, 0.1) is 32.0 Å². The van der Waals surface area contributed by atoms with Gasteiger partial charge in [-0.1, -0.05) is 24.3 Å². The molecule has 0 saturated heterocycles. The fraction of sp³-hybridized carbons (Fsp3) is 0.294. The first-order valence-corrected chi connectivity index (χ1v) is 8.28. The molecule has 4 heteroatoms. The predicted molar refractivity (Wildman–Crippen MR) is 87.7 cm³/mol. The van der Waals surface area contributed by atoms with Crippen molar-refractivity contribution in [2.45, 2.75) is 22.8 Å². The standard InChI is InChI=1S/C17H20N2OS/c1-13(18(2)3)12-19-14-8-4-6-10-16(14)21(20)17-11-7-5-9-15(17)19/h4-11,13H,12H2,1-3H3/t13-/m1/s1. The zero-order valence-electron chi connectivity index (χ0n) is 12.6. The van der Waals surface area contributed by atoms with Crippen LogP contribution in [-0.2, 0) is 10.8 Å². The minimum atomic E-state index is -1.09. The molecule has 21 heavy (non-hydrogen) atoms. The fourth-order valence-electron chi connectivity index (χ4n) is 2.55. The van der Waals surface area contributed by atoms with Crippen molar-refractivity contribution in [1.82, 2.24) is 4.90 Å². The van der Waals surface area contributed by atoms with E-state index in [0.29, 0.717) is 6.04 Å². The van der Waals surface area contributed by atoms with Gasteiger partial charge in [0, 0.05) is 12.6 Å². The highest BCUT2D eigenvalue weighted by Crippen LogP contribution is 2.41. The van der Waals surface area contributed by atoms with E-state index in [0.717, 1.165) is 27.7 Å². The maximum absolute atomic E-state index is 12.7. The number of hydrogen-bond donors (Lipinski definition) is 0. The minimum absolute atomic E-state index is 0.401. The summed E-state index contributed by atoms with van der Waals surface area (Å²) in [7, 11) is 3.08. The molecule has 0 bridgehead atoms. The fourth-order valence-corrected chi connectivity index (χ4v) is 3.92. The summed E-state index contributed by atoms with van der Waals surface area (Å²) in [6, 6.07) is 16.4. The van der Waals surface area contributed by atoms with Gasteiger partial charge in [0.1, 0.15) is 0 Å². The van der Waals surface area contributed by atoms with E-state index in [-0.39, 0.29) is 0 Å². The lowest BCUT2D eigenvalue weighted by Gasteiger charge is -2.35. The van der Waals surface area contributed by atoms with Crippen LogP contribution in [-0.4, -0.2) is 35.8 Å². The average Bonchev–Trinajstić information content (AvgIpc) is 2.51. The first kappa shape index (κ1) is 14.3. The number of rotatable bonds is 3. The van der Waals surface area contributed by atoms with Gasteiger partial charge in [-0.05, 0) is 45.3 Å². The molecule has 3 nitrogen and oxygen atoms in total. The largest absolute Gasteiger partial charge is 0.338 e. The number of anilines is 2. The molecule has 0 amide bonds. The van der Waals surface area contributed by atoms with Gasteiger partial charge in [-0.25, -0.2) is 4.21 Å². The molecule has 1 aliphatic heterocycles. The van der Waals surface area contributed by atoms with Gasteiger partial charge >= 0.3 is 0 Å². The molecule has 0 radical (unpaired) electrons. The van der Waals surface area contributed by atoms with Crippen LogP contribution in [0.5, 0.6) is 0 Å². The molecule has 3 rings (SSSR count). The van der Waals surface area contributed by atoms with E-state index in [9.17, 15) is 4.21 Å². The van der Waals surface area contributed by atoms with Gasteiger partial charge in [-0.3, -0.25) is 0 Å². The smallest absolute Gasteiger partial charge is 0.0892 e. The Balaban J connectivity index is 2.11. The molecule has 0 spiro atoms. The van der Waals surface area contributed by atoms with Crippen LogP contribution in [0.25, 0.3) is 0 Å². The van der Waals surface area contributed by atoms with Gasteiger partial charge in [-0.15, -0.1) is 0 Å². The summed E-state index contributed by atoms with van der Waals surface area (Å²) in [4.78, 5) is 6.30. The summed E-state index contributed by atoms with van der Waals surface area (Å²) in [5.41, 5.74) is 2.12. The third-order valence-electron chi connectivity index (χ3n) is 4.04. The van der Waals surface area contributed by atoms with E-state index in [1.54, 1.807) is 0 Å². The Morgan fingerprint density at radius 1 is 1.00 bits per heavy atom. The van der Waals surface area contributed by atoms with Crippen LogP contribution in [0.4, 0.5) is 11.4 Å². The number of hydrogen-bond acceptors (Lipinski definition) is 3. The van der Waals surface area contributed by atoms with Crippen LogP contribution in [0.2, 0.25) is 0 Å². The van der Waals surface area contributed by atoms with Crippen LogP contribution in [0.1, 0.15) is 6.92 Å². The topological polar surface area (TPSA) is 23.6 Å². The van der Waals surface area contributed by atoms with Crippen molar-refractivity contribution in [2.24, 2.45) is 0 Å². The monoisotopic (exact) mass is 300 g/mol. The van der Waals surface area contributed by atoms with Crippen LogP contribution in [0.15, 0.2) is 58.3 Å². The molecule has 2 aromatic carbocycles. The Bertz CT molecular complexity index is 634. The number of likely N-dealkylation sites (N-methyl/N-ethyl adjacent to an activating group) is 1. The lowest BCUT2D eigenvalue weighted by atomic mass is 10.2. The lowest BCUT2D eigenvalue weighted by molar-refractivity contribution is 0.319. The molecular formula is C17H20N2OS. The molecule has 110 valence electrons. The average molecular weight is 300 g/mol. The zero-order valence-corrected chi connectivity index (χ0v) is 13.4. The van der Waals surface area contributed by atoms with Crippen LogP contribution in [0.3, 0.4) is 0 Å². The van der Waals surface area contributed by atoms with Crippen LogP contribution < -0.4 is 4.90 Å². The molecule has 2 aromatic rings. The molecule has 0 aliphatic carbocycles. The molecule has 1 aliphatic rings. The molecule has 0 N–H and O–H groups in total. The normalized spacial score (nSPS) is 15.7. The summed E-state index contributed by atoms with van der Waals surface area (Å²) in [6.07, 6.45) is 0. The Kier molecular flexibility index (Phi) is 3.83. The van der Waals surface area contributed by atoms with Crippen molar-refractivity contribution in [1.29, 1.82) is 0 Å². The van der Waals surface area contributed by atoms with Gasteiger partial charge in [0.2, 0.25) is 0 Å². The van der Waals surface area contributed by atoms with Crippen molar-refractivity contribution in [3.63, 3.8) is 0 Å². The Morgan fingerprint density at radius 2 is 1.48 bits per heavy atom. The van der Waals surface area contributed by atoms with E-state index in [4.69, 9.17) is 0 Å². The SMILES string of the molecule is C[C@H](CN1c2ccccc2S(=O)c2ccccc21)N(C)C. The second kappa shape index (κ2) is 5.62. The molecule has 0 unspecified atom stereocenters. The van der Waals surface area contributed by atoms with Gasteiger partial charge in [-0.2, -0.15) is 0 Å². The minimum Gasteiger partial charge on any atom is -0.338 e. The second-order valence-corrected chi connectivity index (χ2v) is 7.04. The Labute approximate surface area is 128 Å². The summed E-state index contributed by atoms with van der Waals surface area (Å²) in [5.74, 6) is 0. The predicted octanol–water partition coefficient (Wildman–Crippen LogP) is 3.25. The molecular weight excluding hydrogens is 280 g/mol. The van der Waals surface area contributed by atoms with Crippen LogP contribution >= 0.6 is 0 Å². The van der Waals surface area contributed by atoms with Crippen molar-refractivity contribution in [3.8, 4) is 0 Å². The third kappa shape index (κ3) is 2.49. The van der Waals surface area contributed by atoms with E-state index in [1.807, 2.05) is 36.4 Å². The number of para-hydroxylation sites is 2. The van der Waals surface area contributed by atoms with Gasteiger partial charge in [0.15, 0.2) is 0 Å². The summed E-state index contributed by atoms with van der Waals surface area (Å²) < 4.78 is 12.7. The molecule has 1 atom stereocenters. The summed E-state index contributed by atoms with van der Waals surface area (Å²) in [5, 5.41) is 0. The highest BCUT2D eigenvalue weighted by atomic mass is 32.2. The third-order valence-corrected chi connectivity index (χ3v) is 5.53. The van der Waals surface area contributed by atoms with Crippen molar-refractivity contribution in [3.05, 3.63) is 48.5 Å². The molecule has 0 fully saturated rings. The second-order valence-electron chi connectivity index (χ2n) is 5.63. The maximum Gasteiger partial charge on any atom is 0.0892 e. The van der Waals surface area contributed by atoms with Gasteiger partial charge < -0.3 is 9.80 Å². The first-order chi connectivity index (χ1) is 10.1. The summed E-state index contributed by atoms with van der Waals surface area (Å²) in [6.45, 7) is 3.08.